The number of piperidine rings is 1. The third-order valence-electron chi connectivity index (χ3n) is 5.22. The Morgan fingerprint density at radius 2 is 1.84 bits per heavy atom. The summed E-state index contributed by atoms with van der Waals surface area (Å²) in [7, 11) is 0. The van der Waals surface area contributed by atoms with Gasteiger partial charge in [-0.3, -0.25) is 4.79 Å². The average Bonchev–Trinajstić information content (AvgIpc) is 2.48. The highest BCUT2D eigenvalue weighted by molar-refractivity contribution is 5.79. The van der Waals surface area contributed by atoms with Crippen LogP contribution in [-0.4, -0.2) is 25.0 Å². The van der Waals surface area contributed by atoms with E-state index >= 15 is 0 Å². The highest BCUT2D eigenvalue weighted by Gasteiger charge is 2.28. The molecule has 1 heterocycles. The van der Waals surface area contributed by atoms with Gasteiger partial charge in [0.15, 0.2) is 0 Å². The normalized spacial score (nSPS) is 28.6. The number of nitrogens with one attached hydrogen (secondary N) is 2. The van der Waals surface area contributed by atoms with Gasteiger partial charge in [0.05, 0.1) is 5.92 Å². The maximum Gasteiger partial charge on any atom is 0.224 e. The smallest absolute Gasteiger partial charge is 0.224 e. The molecule has 1 saturated heterocycles. The Labute approximate surface area is 117 Å². The van der Waals surface area contributed by atoms with Gasteiger partial charge in [-0.25, -0.2) is 0 Å². The molecule has 2 aliphatic rings. The minimum Gasteiger partial charge on any atom is -0.353 e. The van der Waals surface area contributed by atoms with Crippen molar-refractivity contribution in [1.29, 1.82) is 0 Å². The zero-order valence-corrected chi connectivity index (χ0v) is 12.6. The Balaban J connectivity index is 1.78. The first kappa shape index (κ1) is 14.8. The molecule has 110 valence electrons. The zero-order chi connectivity index (χ0) is 13.7. The third-order valence-corrected chi connectivity index (χ3v) is 5.22. The van der Waals surface area contributed by atoms with E-state index < -0.39 is 0 Å². The number of hydrogen-bond acceptors (Lipinski definition) is 2. The Kier molecular flexibility index (Phi) is 5.68. The number of carbonyl (C=O) groups is 1. The summed E-state index contributed by atoms with van der Waals surface area (Å²) in [5.74, 6) is 1.88. The molecule has 0 radical (unpaired) electrons. The zero-order valence-electron chi connectivity index (χ0n) is 12.6. The topological polar surface area (TPSA) is 41.1 Å². The highest BCUT2D eigenvalue weighted by Crippen LogP contribution is 2.31. The molecule has 0 aromatic carbocycles. The minimum atomic E-state index is 0.190. The number of amides is 1. The van der Waals surface area contributed by atoms with E-state index in [1.165, 1.54) is 32.1 Å². The molecule has 3 heteroatoms. The number of carbonyl (C=O) groups excluding carboxylic acids is 1. The van der Waals surface area contributed by atoms with Crippen LogP contribution in [0, 0.1) is 17.8 Å². The quantitative estimate of drug-likeness (QED) is 0.821. The largest absolute Gasteiger partial charge is 0.353 e. The van der Waals surface area contributed by atoms with Crippen LogP contribution < -0.4 is 10.6 Å². The lowest BCUT2D eigenvalue weighted by Crippen LogP contribution is -2.46. The van der Waals surface area contributed by atoms with Crippen molar-refractivity contribution in [2.75, 3.05) is 13.1 Å². The van der Waals surface area contributed by atoms with E-state index in [9.17, 15) is 4.79 Å². The van der Waals surface area contributed by atoms with Gasteiger partial charge in [0, 0.05) is 12.6 Å². The summed E-state index contributed by atoms with van der Waals surface area (Å²) < 4.78 is 0. The Morgan fingerprint density at radius 3 is 2.47 bits per heavy atom. The monoisotopic (exact) mass is 266 g/mol. The van der Waals surface area contributed by atoms with Gasteiger partial charge in [-0.1, -0.05) is 39.0 Å². The van der Waals surface area contributed by atoms with Gasteiger partial charge in [0.25, 0.3) is 0 Å². The van der Waals surface area contributed by atoms with E-state index in [-0.39, 0.29) is 11.8 Å². The first-order valence-electron chi connectivity index (χ1n) is 8.19. The number of hydrogen-bond donors (Lipinski definition) is 2. The molecule has 2 fully saturated rings. The minimum absolute atomic E-state index is 0.190. The second-order valence-electron chi connectivity index (χ2n) is 6.60. The lowest BCUT2D eigenvalue weighted by Gasteiger charge is -2.33. The molecule has 19 heavy (non-hydrogen) atoms. The highest BCUT2D eigenvalue weighted by atomic mass is 16.2. The van der Waals surface area contributed by atoms with Crippen molar-refractivity contribution in [3.8, 4) is 0 Å². The Hall–Kier alpha value is -0.570. The molecule has 1 aliphatic heterocycles. The maximum absolute atomic E-state index is 12.2. The molecule has 0 spiro atoms. The van der Waals surface area contributed by atoms with Crippen LogP contribution in [0.25, 0.3) is 0 Å². The van der Waals surface area contributed by atoms with Gasteiger partial charge in [-0.15, -0.1) is 0 Å². The number of rotatable bonds is 4. The molecule has 2 N–H and O–H groups in total. The van der Waals surface area contributed by atoms with Crippen LogP contribution in [0.3, 0.4) is 0 Å². The van der Waals surface area contributed by atoms with Gasteiger partial charge >= 0.3 is 0 Å². The molecule has 1 aliphatic carbocycles. The van der Waals surface area contributed by atoms with Crippen LogP contribution in [0.1, 0.15) is 58.8 Å². The molecule has 1 amide bonds. The second-order valence-corrected chi connectivity index (χ2v) is 6.60. The van der Waals surface area contributed by atoms with Crippen molar-refractivity contribution >= 4 is 5.91 Å². The maximum atomic E-state index is 12.2. The predicted octanol–water partition coefficient (Wildman–Crippen LogP) is 2.71. The van der Waals surface area contributed by atoms with E-state index in [4.69, 9.17) is 0 Å². The van der Waals surface area contributed by atoms with Crippen molar-refractivity contribution in [3.63, 3.8) is 0 Å². The summed E-state index contributed by atoms with van der Waals surface area (Å²) in [4.78, 5) is 12.2. The SMILES string of the molecule is CC(NC(=O)C1CCCNC1)C(C)C1CCCCC1. The third kappa shape index (κ3) is 4.20. The summed E-state index contributed by atoms with van der Waals surface area (Å²) in [5.41, 5.74) is 0. The summed E-state index contributed by atoms with van der Waals surface area (Å²) in [6.45, 7) is 6.43. The molecule has 0 bridgehead atoms. The van der Waals surface area contributed by atoms with Crippen molar-refractivity contribution in [2.45, 2.75) is 64.8 Å². The van der Waals surface area contributed by atoms with Crippen LogP contribution in [0.2, 0.25) is 0 Å². The van der Waals surface area contributed by atoms with Crippen LogP contribution >= 0.6 is 0 Å². The van der Waals surface area contributed by atoms with Crippen molar-refractivity contribution in [1.82, 2.24) is 10.6 Å². The second kappa shape index (κ2) is 7.28. The van der Waals surface area contributed by atoms with Crippen LogP contribution in [0.4, 0.5) is 0 Å². The van der Waals surface area contributed by atoms with E-state index in [1.807, 2.05) is 0 Å². The molecular formula is C16H30N2O. The first-order valence-corrected chi connectivity index (χ1v) is 8.19. The lowest BCUT2D eigenvalue weighted by molar-refractivity contribution is -0.126. The Bertz CT molecular complexity index is 280. The van der Waals surface area contributed by atoms with Gasteiger partial charge in [0.2, 0.25) is 5.91 Å². The standard InChI is InChI=1S/C16H30N2O/c1-12(14-7-4-3-5-8-14)13(2)18-16(19)15-9-6-10-17-11-15/h12-15,17H,3-11H2,1-2H3,(H,18,19). The molecular weight excluding hydrogens is 236 g/mol. The summed E-state index contributed by atoms with van der Waals surface area (Å²) in [6.07, 6.45) is 9.04. The molecule has 2 rings (SSSR count). The summed E-state index contributed by atoms with van der Waals surface area (Å²) in [5, 5.41) is 6.59. The first-order chi connectivity index (χ1) is 9.18. The predicted molar refractivity (Wildman–Crippen MR) is 78.9 cm³/mol. The van der Waals surface area contributed by atoms with Crippen LogP contribution in [0.15, 0.2) is 0 Å². The van der Waals surface area contributed by atoms with E-state index in [2.05, 4.69) is 24.5 Å². The van der Waals surface area contributed by atoms with E-state index in [0.29, 0.717) is 12.0 Å². The molecule has 3 unspecified atom stereocenters. The van der Waals surface area contributed by atoms with Crippen molar-refractivity contribution in [3.05, 3.63) is 0 Å². The van der Waals surface area contributed by atoms with Crippen molar-refractivity contribution < 1.29 is 4.79 Å². The van der Waals surface area contributed by atoms with Crippen LogP contribution in [0.5, 0.6) is 0 Å². The summed E-state index contributed by atoms with van der Waals surface area (Å²) >= 11 is 0. The fourth-order valence-corrected chi connectivity index (χ4v) is 3.62. The van der Waals surface area contributed by atoms with E-state index in [1.54, 1.807) is 0 Å². The fourth-order valence-electron chi connectivity index (χ4n) is 3.62. The Morgan fingerprint density at radius 1 is 1.11 bits per heavy atom. The van der Waals surface area contributed by atoms with Crippen molar-refractivity contribution in [2.24, 2.45) is 17.8 Å². The average molecular weight is 266 g/mol. The summed E-state index contributed by atoms with van der Waals surface area (Å²) in [6, 6.07) is 0.317. The van der Waals surface area contributed by atoms with Gasteiger partial charge in [-0.05, 0) is 38.1 Å². The lowest BCUT2D eigenvalue weighted by atomic mass is 9.78. The fraction of sp³-hybridized carbons (Fsp3) is 0.938. The molecule has 0 aromatic heterocycles. The molecule has 3 nitrogen and oxygen atoms in total. The molecule has 0 aromatic rings. The van der Waals surface area contributed by atoms with Gasteiger partial charge < -0.3 is 10.6 Å². The molecule has 3 atom stereocenters. The van der Waals surface area contributed by atoms with Gasteiger partial charge in [-0.2, -0.15) is 0 Å². The van der Waals surface area contributed by atoms with Crippen LogP contribution in [-0.2, 0) is 4.79 Å². The van der Waals surface area contributed by atoms with E-state index in [0.717, 1.165) is 31.8 Å². The molecule has 1 saturated carbocycles. The van der Waals surface area contributed by atoms with Gasteiger partial charge in [0.1, 0.15) is 0 Å².